The number of hydrogen-bond donors (Lipinski definition) is 3. The van der Waals surface area contributed by atoms with Crippen LogP contribution in [0.1, 0.15) is 43.4 Å². The lowest BCUT2D eigenvalue weighted by molar-refractivity contribution is 0.0723. The molecule has 0 aliphatic heterocycles. The molecule has 3 heterocycles. The maximum atomic E-state index is 14.5. The van der Waals surface area contributed by atoms with E-state index >= 15 is 0 Å². The summed E-state index contributed by atoms with van der Waals surface area (Å²) in [6.45, 7) is 2.52. The zero-order chi connectivity index (χ0) is 22.1. The monoisotopic (exact) mass is 433 g/mol. The first kappa shape index (κ1) is 21.0. The number of halogens is 1. The van der Waals surface area contributed by atoms with Gasteiger partial charge in [-0.25, -0.2) is 9.37 Å². The van der Waals surface area contributed by atoms with Crippen molar-refractivity contribution in [2.24, 2.45) is 0 Å². The van der Waals surface area contributed by atoms with Gasteiger partial charge >= 0.3 is 0 Å². The van der Waals surface area contributed by atoms with Crippen molar-refractivity contribution in [3.8, 4) is 0 Å². The molecule has 0 radical (unpaired) electrons. The predicted octanol–water partition coefficient (Wildman–Crippen LogP) is 3.74. The molecule has 3 N–H and O–H groups in total. The van der Waals surface area contributed by atoms with Gasteiger partial charge in [0.05, 0.1) is 11.6 Å². The molecular formula is C25H28FN5O. The standard InChI is InChI=1S/C25H28FN5O/c1-16(20-5-3-10-31-11-9-28-25(20)31)30-19-6-7-22(24(32)13-19)29-15-18-12-17-4-2-8-27-23(17)14-21(18)26/h2-5,8-12,14,16,19,22,24,29-30,32H,6-7,13,15H2,1H3/t16-,19+,22+,24-/m1/s1. The quantitative estimate of drug-likeness (QED) is 0.432. The normalized spacial score (nSPS) is 22.4. The molecule has 0 unspecified atom stereocenters. The molecule has 1 aliphatic carbocycles. The fourth-order valence-electron chi connectivity index (χ4n) is 4.81. The van der Waals surface area contributed by atoms with Crippen molar-refractivity contribution < 1.29 is 9.50 Å². The second kappa shape index (κ2) is 8.94. The minimum atomic E-state index is -0.485. The van der Waals surface area contributed by atoms with Crippen LogP contribution in [0.4, 0.5) is 4.39 Å². The summed E-state index contributed by atoms with van der Waals surface area (Å²) in [5.74, 6) is -0.268. The van der Waals surface area contributed by atoms with Crippen LogP contribution in [0.25, 0.3) is 16.6 Å². The van der Waals surface area contributed by atoms with Gasteiger partial charge < -0.3 is 20.1 Å². The fraction of sp³-hybridized carbons (Fsp3) is 0.360. The second-order valence-electron chi connectivity index (χ2n) is 8.71. The first-order chi connectivity index (χ1) is 15.6. The SMILES string of the molecule is C[C@@H](N[C@H]1CC[C@H](NCc2cc3cccnc3cc2F)[C@H](O)C1)c1cccn2ccnc12. The van der Waals surface area contributed by atoms with E-state index in [9.17, 15) is 9.50 Å². The van der Waals surface area contributed by atoms with Crippen LogP contribution in [0.2, 0.25) is 0 Å². The topological polar surface area (TPSA) is 74.5 Å². The van der Waals surface area contributed by atoms with Crippen molar-refractivity contribution in [1.29, 1.82) is 0 Å². The van der Waals surface area contributed by atoms with Crippen LogP contribution in [-0.4, -0.2) is 37.7 Å². The van der Waals surface area contributed by atoms with E-state index in [1.807, 2.05) is 41.1 Å². The number of nitrogens with zero attached hydrogens (tertiary/aromatic N) is 3. The molecule has 0 bridgehead atoms. The first-order valence-corrected chi connectivity index (χ1v) is 11.2. The number of rotatable bonds is 6. The molecule has 1 aromatic carbocycles. The smallest absolute Gasteiger partial charge is 0.141 e. The highest BCUT2D eigenvalue weighted by molar-refractivity contribution is 5.79. The Balaban J connectivity index is 1.19. The van der Waals surface area contributed by atoms with Crippen LogP contribution in [0.15, 0.2) is 61.2 Å². The molecule has 6 nitrogen and oxygen atoms in total. The Morgan fingerprint density at radius 2 is 2.06 bits per heavy atom. The van der Waals surface area contributed by atoms with E-state index in [4.69, 9.17) is 0 Å². The van der Waals surface area contributed by atoms with Gasteiger partial charge in [-0.15, -0.1) is 0 Å². The Morgan fingerprint density at radius 3 is 2.94 bits per heavy atom. The van der Waals surface area contributed by atoms with Crippen molar-refractivity contribution in [3.63, 3.8) is 0 Å². The van der Waals surface area contributed by atoms with Gasteiger partial charge in [0.2, 0.25) is 0 Å². The minimum absolute atomic E-state index is 0.0527. The molecule has 4 aromatic rings. The number of nitrogens with one attached hydrogen (secondary N) is 2. The van der Waals surface area contributed by atoms with Gasteiger partial charge in [-0.3, -0.25) is 4.98 Å². The van der Waals surface area contributed by atoms with Crippen LogP contribution in [0.3, 0.4) is 0 Å². The molecule has 5 rings (SSSR count). The molecule has 166 valence electrons. The van der Waals surface area contributed by atoms with Gasteiger partial charge in [0.15, 0.2) is 0 Å². The third-order valence-electron chi connectivity index (χ3n) is 6.54. The molecule has 0 spiro atoms. The number of fused-ring (bicyclic) bond motifs is 2. The average Bonchev–Trinajstić information content (AvgIpc) is 3.27. The van der Waals surface area contributed by atoms with Crippen molar-refractivity contribution in [3.05, 3.63) is 78.1 Å². The predicted molar refractivity (Wildman–Crippen MR) is 123 cm³/mol. The fourth-order valence-corrected chi connectivity index (χ4v) is 4.81. The summed E-state index contributed by atoms with van der Waals surface area (Å²) in [7, 11) is 0. The maximum absolute atomic E-state index is 14.5. The zero-order valence-corrected chi connectivity index (χ0v) is 18.1. The summed E-state index contributed by atoms with van der Waals surface area (Å²) >= 11 is 0. The summed E-state index contributed by atoms with van der Waals surface area (Å²) in [5.41, 5.74) is 3.35. The van der Waals surface area contributed by atoms with E-state index in [2.05, 4.69) is 33.6 Å². The summed E-state index contributed by atoms with van der Waals surface area (Å²) in [6.07, 6.45) is 9.36. The molecule has 1 fully saturated rings. The number of aliphatic hydroxyl groups excluding tert-OH is 1. The van der Waals surface area contributed by atoms with Crippen molar-refractivity contribution in [2.75, 3.05) is 0 Å². The van der Waals surface area contributed by atoms with Crippen molar-refractivity contribution in [1.82, 2.24) is 25.0 Å². The Kier molecular flexibility index (Phi) is 5.87. The highest BCUT2D eigenvalue weighted by Gasteiger charge is 2.30. The summed E-state index contributed by atoms with van der Waals surface area (Å²) < 4.78 is 16.5. The Morgan fingerprint density at radius 1 is 1.16 bits per heavy atom. The molecule has 1 aliphatic rings. The van der Waals surface area contributed by atoms with E-state index in [-0.39, 0.29) is 23.9 Å². The second-order valence-corrected chi connectivity index (χ2v) is 8.71. The van der Waals surface area contributed by atoms with Crippen molar-refractivity contribution in [2.45, 2.75) is 57.0 Å². The van der Waals surface area contributed by atoms with E-state index in [1.54, 1.807) is 12.4 Å². The maximum Gasteiger partial charge on any atom is 0.141 e. The molecule has 4 atom stereocenters. The molecule has 7 heteroatoms. The van der Waals surface area contributed by atoms with E-state index in [0.717, 1.165) is 29.4 Å². The van der Waals surface area contributed by atoms with Crippen LogP contribution in [-0.2, 0) is 6.54 Å². The van der Waals surface area contributed by atoms with E-state index < -0.39 is 6.10 Å². The van der Waals surface area contributed by atoms with Crippen LogP contribution in [0.5, 0.6) is 0 Å². The van der Waals surface area contributed by atoms with Crippen LogP contribution < -0.4 is 10.6 Å². The van der Waals surface area contributed by atoms with Gasteiger partial charge in [0, 0.05) is 72.0 Å². The first-order valence-electron chi connectivity index (χ1n) is 11.2. The Hall–Kier alpha value is -2.87. The number of imidazole rings is 1. The van der Waals surface area contributed by atoms with Crippen LogP contribution in [0, 0.1) is 5.82 Å². The minimum Gasteiger partial charge on any atom is -0.391 e. The van der Waals surface area contributed by atoms with Crippen LogP contribution >= 0.6 is 0 Å². The van der Waals surface area contributed by atoms with Gasteiger partial charge in [-0.1, -0.05) is 12.1 Å². The number of benzene rings is 1. The number of aromatic nitrogens is 3. The highest BCUT2D eigenvalue weighted by Crippen LogP contribution is 2.25. The molecule has 1 saturated carbocycles. The van der Waals surface area contributed by atoms with Gasteiger partial charge in [0.25, 0.3) is 0 Å². The lowest BCUT2D eigenvalue weighted by Gasteiger charge is -2.35. The third-order valence-corrected chi connectivity index (χ3v) is 6.54. The summed E-state index contributed by atoms with van der Waals surface area (Å²) in [6, 6.07) is 11.5. The molecular weight excluding hydrogens is 405 g/mol. The lowest BCUT2D eigenvalue weighted by Crippen LogP contribution is -2.49. The average molecular weight is 434 g/mol. The number of pyridine rings is 2. The van der Waals surface area contributed by atoms with E-state index in [1.165, 1.54) is 6.07 Å². The highest BCUT2D eigenvalue weighted by atomic mass is 19.1. The molecule has 3 aromatic heterocycles. The summed E-state index contributed by atoms with van der Waals surface area (Å²) in [5, 5.41) is 18.7. The zero-order valence-electron chi connectivity index (χ0n) is 18.1. The summed E-state index contributed by atoms with van der Waals surface area (Å²) in [4.78, 5) is 8.67. The Bertz CT molecular complexity index is 1230. The Labute approximate surface area is 186 Å². The largest absolute Gasteiger partial charge is 0.391 e. The molecule has 32 heavy (non-hydrogen) atoms. The van der Waals surface area contributed by atoms with Gasteiger partial charge in [0.1, 0.15) is 11.5 Å². The lowest BCUT2D eigenvalue weighted by atomic mass is 9.87. The molecule has 0 amide bonds. The van der Waals surface area contributed by atoms with E-state index in [0.29, 0.717) is 24.0 Å². The third kappa shape index (κ3) is 4.24. The van der Waals surface area contributed by atoms with Gasteiger partial charge in [-0.2, -0.15) is 0 Å². The number of hydrogen-bond acceptors (Lipinski definition) is 5. The number of aliphatic hydroxyl groups is 1. The van der Waals surface area contributed by atoms with Gasteiger partial charge in [-0.05, 0) is 44.4 Å². The van der Waals surface area contributed by atoms with Crippen molar-refractivity contribution >= 4 is 16.6 Å². The molecule has 0 saturated heterocycles.